The van der Waals surface area contributed by atoms with Crippen molar-refractivity contribution in [2.45, 2.75) is 220 Å². The smallest absolute Gasteiger partial charge is 0.397 e. The van der Waals surface area contributed by atoms with E-state index in [9.17, 15) is 67.0 Å². The SMILES string of the molecule is CCCCCCCCCCCC(CC(=O)OC1CN(C)C(C(OC2OC(CN)C(O)C2O)C2OC(C3N=CC(=O)NC3=O)C(OS(=O)(=O)O)C2O)C(=O)N(C)C1C(=O)O)OC(=O)CC(C)CC(=O)OC1OC(C)C(OC)C(OC)C1OC. The van der Waals surface area contributed by atoms with Gasteiger partial charge in [-0.05, 0) is 32.7 Å². The number of imide groups is 1. The van der Waals surface area contributed by atoms with Crippen molar-refractivity contribution in [3.05, 3.63) is 0 Å². The third-order valence-corrected chi connectivity index (χ3v) is 15.7. The van der Waals surface area contributed by atoms with E-state index in [4.69, 9.17) is 57.3 Å². The lowest BCUT2D eigenvalue weighted by Gasteiger charge is -2.43. The zero-order valence-corrected chi connectivity index (χ0v) is 48.3. The molecule has 0 aliphatic carbocycles. The summed E-state index contributed by atoms with van der Waals surface area (Å²) in [5.74, 6) is -8.06. The topological polar surface area (TPSA) is 413 Å². The number of aliphatic carboxylic acids is 1. The number of aliphatic imine (C=N–C) groups is 1. The lowest BCUT2D eigenvalue weighted by molar-refractivity contribution is -0.297. The number of carboxylic acids is 1. The van der Waals surface area contributed by atoms with E-state index in [2.05, 4.69) is 11.9 Å². The number of nitrogens with one attached hydrogen (secondary N) is 1. The van der Waals surface area contributed by atoms with Gasteiger partial charge in [-0.1, -0.05) is 65.2 Å². The molecule has 0 aromatic rings. The molecule has 8 N–H and O–H groups in total. The van der Waals surface area contributed by atoms with Crippen LogP contribution in [0, 0.1) is 5.92 Å². The Kier molecular flexibility index (Phi) is 26.3. The Morgan fingerprint density at radius 3 is 1.99 bits per heavy atom. The number of likely N-dealkylation sites (N-methyl/N-ethyl adjacent to an activating group) is 2. The molecule has 4 fully saturated rings. The number of hydrogen-bond acceptors (Lipinski definition) is 26. The van der Waals surface area contributed by atoms with Crippen molar-refractivity contribution in [1.82, 2.24) is 15.1 Å². The van der Waals surface area contributed by atoms with E-state index in [0.717, 1.165) is 63.3 Å². The lowest BCUT2D eigenvalue weighted by Crippen LogP contribution is -2.59. The minimum Gasteiger partial charge on any atom is -0.480 e. The number of carboxylic acid groups (broad SMARTS) is 1. The van der Waals surface area contributed by atoms with Crippen molar-refractivity contribution in [3.8, 4) is 0 Å². The Hall–Kier alpha value is -4.45. The molecule has 20 unspecified atom stereocenters. The fourth-order valence-electron chi connectivity index (χ4n) is 11.0. The minimum atomic E-state index is -5.49. The molecule has 82 heavy (non-hydrogen) atoms. The number of hydrogen-bond donors (Lipinski definition) is 7. The molecule has 5 aliphatic heterocycles. The third-order valence-electron chi connectivity index (χ3n) is 15.2. The number of rotatable bonds is 31. The van der Waals surface area contributed by atoms with Gasteiger partial charge >= 0.3 is 34.3 Å². The Morgan fingerprint density at radius 2 is 1.41 bits per heavy atom. The number of unbranched alkanes of at least 4 members (excludes halogenated alkanes) is 8. The largest absolute Gasteiger partial charge is 0.480 e. The molecule has 0 saturated carbocycles. The van der Waals surface area contributed by atoms with Crippen LogP contribution in [0.3, 0.4) is 0 Å². The molecule has 468 valence electrons. The van der Waals surface area contributed by atoms with Gasteiger partial charge in [0.1, 0.15) is 85.4 Å². The number of aliphatic hydroxyl groups excluding tert-OH is 3. The molecule has 30 nitrogen and oxygen atoms in total. The van der Waals surface area contributed by atoms with Gasteiger partial charge in [-0.3, -0.25) is 48.5 Å². The molecular formula is C51H83N5O25S. The minimum absolute atomic E-state index is 0.185. The molecular weight excluding hydrogens is 1110 g/mol. The maximum Gasteiger partial charge on any atom is 0.397 e. The van der Waals surface area contributed by atoms with Crippen molar-refractivity contribution in [1.29, 1.82) is 0 Å². The van der Waals surface area contributed by atoms with E-state index in [1.165, 1.54) is 28.4 Å². The fourth-order valence-corrected chi connectivity index (χ4v) is 11.5. The van der Waals surface area contributed by atoms with Gasteiger partial charge < -0.3 is 78.4 Å². The molecule has 0 spiro atoms. The maximum atomic E-state index is 14.8. The monoisotopic (exact) mass is 1200 g/mol. The van der Waals surface area contributed by atoms with Gasteiger partial charge in [0, 0.05) is 54.3 Å². The molecule has 0 radical (unpaired) electrons. The zero-order chi connectivity index (χ0) is 60.7. The standard InChI is InChI=1S/C51H83N5O25S/c1-9-10-11-12-13-14-15-16-17-18-27(75-31(58)19-25(2)20-32(59)78-51-46(73-8)45(72-7)40(71-6)26(3)74-51)21-33(60)76-29-24-55(4)36(48(65)56(5)35(29)49(66)67)42(80-50-38(62)37(61)28(22-52)77-50)43-39(63)44(81-82(68,69)70)41(79-43)34-47(64)54-30(57)23-53-34/h23,25-29,34-46,50-51,61-63H,9-22,24,52H2,1-8H3,(H,66,67)(H,54,57,64)(H,68,69,70). The molecule has 5 heterocycles. The fraction of sp³-hybridized carbons (Fsp3) is 0.843. The number of nitrogens with two attached hydrogens (primary N) is 1. The average molecular weight is 1200 g/mol. The highest BCUT2D eigenvalue weighted by atomic mass is 32.3. The summed E-state index contributed by atoms with van der Waals surface area (Å²) in [6.07, 6.45) is -15.5. The molecule has 31 heteroatoms. The van der Waals surface area contributed by atoms with Crippen LogP contribution in [0.25, 0.3) is 0 Å². The van der Waals surface area contributed by atoms with Gasteiger partial charge in [0.25, 0.3) is 11.8 Å². The van der Waals surface area contributed by atoms with Gasteiger partial charge in [0.05, 0.1) is 18.7 Å². The summed E-state index contributed by atoms with van der Waals surface area (Å²) in [5, 5.41) is 46.3. The predicted molar refractivity (Wildman–Crippen MR) is 279 cm³/mol. The Bertz CT molecular complexity index is 2300. The van der Waals surface area contributed by atoms with Crippen LogP contribution in [-0.4, -0.2) is 256 Å². The number of carbonyl (C=O) groups excluding carboxylic acids is 6. The van der Waals surface area contributed by atoms with E-state index < -0.39 is 187 Å². The van der Waals surface area contributed by atoms with E-state index in [-0.39, 0.29) is 25.8 Å². The number of carbonyl (C=O) groups is 7. The summed E-state index contributed by atoms with van der Waals surface area (Å²) in [4.78, 5) is 99.6. The number of esters is 3. The van der Waals surface area contributed by atoms with E-state index >= 15 is 0 Å². The number of ether oxygens (including phenoxy) is 10. The Morgan fingerprint density at radius 1 is 0.805 bits per heavy atom. The summed E-state index contributed by atoms with van der Waals surface area (Å²) in [5.41, 5.74) is 5.74. The highest BCUT2D eigenvalue weighted by Crippen LogP contribution is 2.37. The van der Waals surface area contributed by atoms with Crippen LogP contribution in [0.1, 0.15) is 104 Å². The first-order valence-corrected chi connectivity index (χ1v) is 28.9. The summed E-state index contributed by atoms with van der Waals surface area (Å²) < 4.78 is 96.7. The van der Waals surface area contributed by atoms with Crippen molar-refractivity contribution in [3.63, 3.8) is 0 Å². The van der Waals surface area contributed by atoms with Crippen LogP contribution in [0.5, 0.6) is 0 Å². The molecule has 20 atom stereocenters. The third kappa shape index (κ3) is 18.0. The van der Waals surface area contributed by atoms with Crippen LogP contribution in [0.15, 0.2) is 4.99 Å². The number of nitrogens with zero attached hydrogens (tertiary/aromatic N) is 3. The summed E-state index contributed by atoms with van der Waals surface area (Å²) >= 11 is 0. The van der Waals surface area contributed by atoms with Gasteiger partial charge in [-0.25, -0.2) is 8.98 Å². The Labute approximate surface area is 476 Å². The van der Waals surface area contributed by atoms with Gasteiger partial charge in [-0.15, -0.1) is 0 Å². The second kappa shape index (κ2) is 31.6. The molecule has 3 amide bonds. The first-order valence-electron chi connectivity index (χ1n) is 27.6. The highest BCUT2D eigenvalue weighted by Gasteiger charge is 2.60. The summed E-state index contributed by atoms with van der Waals surface area (Å²) in [7, 11) is 1.17. The normalized spacial score (nSPS) is 33.8. The van der Waals surface area contributed by atoms with Crippen LogP contribution < -0.4 is 11.1 Å². The second-order valence-corrected chi connectivity index (χ2v) is 22.4. The molecule has 5 rings (SSSR count). The predicted octanol–water partition coefficient (Wildman–Crippen LogP) is -1.70. The maximum absolute atomic E-state index is 14.8. The summed E-state index contributed by atoms with van der Waals surface area (Å²) in [6, 6.07) is -5.67. The molecule has 4 saturated heterocycles. The molecule has 0 bridgehead atoms. The van der Waals surface area contributed by atoms with Crippen LogP contribution in [0.2, 0.25) is 0 Å². The number of amides is 3. The quantitative estimate of drug-likeness (QED) is 0.0134. The van der Waals surface area contributed by atoms with Crippen molar-refractivity contribution < 1.29 is 119 Å². The zero-order valence-electron chi connectivity index (χ0n) is 47.5. The first kappa shape index (κ1) is 68.3. The number of methoxy groups -OCH3 is 3. The molecule has 5 aliphatic rings. The summed E-state index contributed by atoms with van der Waals surface area (Å²) in [6.45, 7) is 4.50. The van der Waals surface area contributed by atoms with Crippen molar-refractivity contribution in [2.24, 2.45) is 16.6 Å². The average Bonchev–Trinajstić information content (AvgIpc) is 2.78. The Balaban J connectivity index is 1.37. The van der Waals surface area contributed by atoms with Gasteiger partial charge in [-0.2, -0.15) is 8.42 Å². The lowest BCUT2D eigenvalue weighted by atomic mass is 9.95. The van der Waals surface area contributed by atoms with Crippen LogP contribution in [-0.2, 0) is 95.5 Å². The van der Waals surface area contributed by atoms with Crippen LogP contribution >= 0.6 is 0 Å². The number of aliphatic hydroxyl groups is 3. The van der Waals surface area contributed by atoms with Crippen LogP contribution in [0.4, 0.5) is 0 Å². The van der Waals surface area contributed by atoms with Crippen molar-refractivity contribution >= 4 is 58.2 Å². The van der Waals surface area contributed by atoms with E-state index in [0.29, 0.717) is 17.5 Å². The molecule has 0 aromatic carbocycles. The first-order chi connectivity index (χ1) is 38.8. The second-order valence-electron chi connectivity index (χ2n) is 21.4. The highest BCUT2D eigenvalue weighted by molar-refractivity contribution is 7.80. The van der Waals surface area contributed by atoms with Crippen molar-refractivity contribution in [2.75, 3.05) is 48.5 Å². The van der Waals surface area contributed by atoms with Gasteiger partial charge in [0.15, 0.2) is 18.4 Å². The molecule has 0 aromatic heterocycles. The van der Waals surface area contributed by atoms with Gasteiger partial charge in [0.2, 0.25) is 12.2 Å². The van der Waals surface area contributed by atoms with E-state index in [1.807, 2.05) is 5.32 Å². The van der Waals surface area contributed by atoms with E-state index in [1.54, 1.807) is 13.8 Å².